The number of piperidine rings is 1. The van der Waals surface area contributed by atoms with E-state index >= 15 is 0 Å². The summed E-state index contributed by atoms with van der Waals surface area (Å²) in [4.78, 5) is 15.8. The number of carbonyl (C=O) groups excluding carboxylic acids is 1. The van der Waals surface area contributed by atoms with Crippen molar-refractivity contribution in [3.63, 3.8) is 0 Å². The van der Waals surface area contributed by atoms with Crippen LogP contribution in [0, 0.1) is 6.92 Å². The van der Waals surface area contributed by atoms with E-state index in [1.165, 1.54) is 10.1 Å². The number of benzene rings is 1. The number of aryl methyl sites for hydroxylation is 2. The molecule has 1 aromatic carbocycles. The van der Waals surface area contributed by atoms with Gasteiger partial charge in [0.1, 0.15) is 12.2 Å². The lowest BCUT2D eigenvalue weighted by Gasteiger charge is -2.31. The molecule has 0 atom stereocenters. The Morgan fingerprint density at radius 2 is 2.00 bits per heavy atom. The SMILES string of the molecule is Cc1c(C(=O)N2CCC(c3nncn3C)CC2)sc2ccccc12. The van der Waals surface area contributed by atoms with Gasteiger partial charge in [-0.05, 0) is 36.8 Å². The van der Waals surface area contributed by atoms with Crippen LogP contribution in [0.2, 0.25) is 0 Å². The molecule has 1 amide bonds. The van der Waals surface area contributed by atoms with E-state index in [4.69, 9.17) is 0 Å². The zero-order chi connectivity index (χ0) is 16.7. The number of amides is 1. The number of hydrogen-bond donors (Lipinski definition) is 0. The summed E-state index contributed by atoms with van der Waals surface area (Å²) in [7, 11) is 1.98. The lowest BCUT2D eigenvalue weighted by atomic mass is 9.95. The molecule has 0 unspecified atom stereocenters. The van der Waals surface area contributed by atoms with Crippen LogP contribution in [-0.4, -0.2) is 38.7 Å². The van der Waals surface area contributed by atoms with Crippen LogP contribution in [0.4, 0.5) is 0 Å². The second kappa shape index (κ2) is 6.02. The van der Waals surface area contributed by atoms with Crippen molar-refractivity contribution in [2.24, 2.45) is 7.05 Å². The summed E-state index contributed by atoms with van der Waals surface area (Å²) in [5.41, 5.74) is 1.11. The largest absolute Gasteiger partial charge is 0.338 e. The van der Waals surface area contributed by atoms with Crippen LogP contribution in [-0.2, 0) is 7.05 Å². The molecular weight excluding hydrogens is 320 g/mol. The van der Waals surface area contributed by atoms with Crippen LogP contribution >= 0.6 is 11.3 Å². The molecule has 5 nitrogen and oxygen atoms in total. The van der Waals surface area contributed by atoms with Gasteiger partial charge >= 0.3 is 0 Å². The second-order valence-electron chi connectivity index (χ2n) is 6.42. The van der Waals surface area contributed by atoms with Gasteiger partial charge in [0.05, 0.1) is 4.88 Å². The Balaban J connectivity index is 1.52. The average molecular weight is 340 g/mol. The van der Waals surface area contributed by atoms with E-state index in [0.717, 1.165) is 42.2 Å². The van der Waals surface area contributed by atoms with Gasteiger partial charge < -0.3 is 9.47 Å². The van der Waals surface area contributed by atoms with Crippen LogP contribution in [0.15, 0.2) is 30.6 Å². The maximum absolute atomic E-state index is 13.0. The second-order valence-corrected chi connectivity index (χ2v) is 7.47. The minimum Gasteiger partial charge on any atom is -0.338 e. The Morgan fingerprint density at radius 3 is 2.67 bits per heavy atom. The van der Waals surface area contributed by atoms with Crippen molar-refractivity contribution in [3.8, 4) is 0 Å². The number of fused-ring (bicyclic) bond motifs is 1. The Bertz CT molecular complexity index is 889. The average Bonchev–Trinajstić information content (AvgIpc) is 3.18. The highest BCUT2D eigenvalue weighted by Gasteiger charge is 2.28. The lowest BCUT2D eigenvalue weighted by molar-refractivity contribution is 0.0715. The zero-order valence-electron chi connectivity index (χ0n) is 13.9. The fraction of sp³-hybridized carbons (Fsp3) is 0.389. The van der Waals surface area contributed by atoms with Crippen LogP contribution < -0.4 is 0 Å². The lowest BCUT2D eigenvalue weighted by Crippen LogP contribution is -2.38. The maximum atomic E-state index is 13.0. The molecule has 0 aliphatic carbocycles. The summed E-state index contributed by atoms with van der Waals surface area (Å²) < 4.78 is 3.17. The number of aromatic nitrogens is 3. The Labute approximate surface area is 144 Å². The van der Waals surface area contributed by atoms with Gasteiger partial charge in [-0.15, -0.1) is 21.5 Å². The summed E-state index contributed by atoms with van der Waals surface area (Å²) in [5, 5.41) is 9.38. The van der Waals surface area contributed by atoms with E-state index < -0.39 is 0 Å². The third-order valence-corrected chi connectivity index (χ3v) is 6.19. The van der Waals surface area contributed by atoms with E-state index in [9.17, 15) is 4.79 Å². The molecule has 0 bridgehead atoms. The quantitative estimate of drug-likeness (QED) is 0.719. The molecule has 4 rings (SSSR count). The van der Waals surface area contributed by atoms with Crippen molar-refractivity contribution >= 4 is 27.3 Å². The number of nitrogens with zero attached hydrogens (tertiary/aromatic N) is 4. The standard InChI is InChI=1S/C18H20N4OS/c1-12-14-5-3-4-6-15(14)24-16(12)18(23)22-9-7-13(8-10-22)17-20-19-11-21(17)2/h3-6,11,13H,7-10H2,1-2H3. The third-order valence-electron chi connectivity index (χ3n) is 4.93. The van der Waals surface area contributed by atoms with Crippen molar-refractivity contribution in [1.82, 2.24) is 19.7 Å². The summed E-state index contributed by atoms with van der Waals surface area (Å²) in [6.07, 6.45) is 3.64. The molecule has 6 heteroatoms. The Hall–Kier alpha value is -2.21. The molecule has 3 aromatic rings. The topological polar surface area (TPSA) is 51.0 Å². The van der Waals surface area contributed by atoms with E-state index in [1.54, 1.807) is 17.7 Å². The molecular formula is C18H20N4OS. The van der Waals surface area contributed by atoms with Crippen molar-refractivity contribution in [2.75, 3.05) is 13.1 Å². The molecule has 0 radical (unpaired) electrons. The molecule has 0 N–H and O–H groups in total. The Morgan fingerprint density at radius 1 is 1.25 bits per heavy atom. The van der Waals surface area contributed by atoms with Crippen molar-refractivity contribution < 1.29 is 4.79 Å². The van der Waals surface area contributed by atoms with E-state index in [1.807, 2.05) is 28.6 Å². The predicted octanol–water partition coefficient (Wildman–Crippen LogP) is 3.36. The normalized spacial score (nSPS) is 16.0. The first-order valence-corrected chi connectivity index (χ1v) is 9.08. The van der Waals surface area contributed by atoms with Gasteiger partial charge in [-0.2, -0.15) is 0 Å². The molecule has 1 saturated heterocycles. The number of hydrogen-bond acceptors (Lipinski definition) is 4. The fourth-order valence-corrected chi connectivity index (χ4v) is 4.70. The summed E-state index contributed by atoms with van der Waals surface area (Å²) in [5.74, 6) is 1.59. The Kier molecular flexibility index (Phi) is 3.84. The van der Waals surface area contributed by atoms with Gasteiger partial charge in [0, 0.05) is 30.8 Å². The first kappa shape index (κ1) is 15.3. The molecule has 24 heavy (non-hydrogen) atoms. The molecule has 1 aliphatic rings. The van der Waals surface area contributed by atoms with E-state index in [2.05, 4.69) is 29.3 Å². The molecule has 2 aromatic heterocycles. The van der Waals surface area contributed by atoms with E-state index in [-0.39, 0.29) is 5.91 Å². The molecule has 124 valence electrons. The molecule has 1 aliphatic heterocycles. The molecule has 0 spiro atoms. The predicted molar refractivity (Wildman–Crippen MR) is 95.4 cm³/mol. The van der Waals surface area contributed by atoms with Gasteiger partial charge in [0.2, 0.25) is 0 Å². The van der Waals surface area contributed by atoms with Crippen molar-refractivity contribution in [3.05, 3.63) is 46.9 Å². The van der Waals surface area contributed by atoms with Crippen LogP contribution in [0.1, 0.15) is 39.8 Å². The number of carbonyl (C=O) groups is 1. The first-order valence-electron chi connectivity index (χ1n) is 8.26. The van der Waals surface area contributed by atoms with Gasteiger partial charge in [-0.1, -0.05) is 18.2 Å². The smallest absolute Gasteiger partial charge is 0.264 e. The first-order chi connectivity index (χ1) is 11.6. The van der Waals surface area contributed by atoms with Crippen LogP contribution in [0.5, 0.6) is 0 Å². The van der Waals surface area contributed by atoms with Crippen LogP contribution in [0.25, 0.3) is 10.1 Å². The molecule has 3 heterocycles. The minimum absolute atomic E-state index is 0.171. The van der Waals surface area contributed by atoms with Crippen molar-refractivity contribution in [2.45, 2.75) is 25.7 Å². The number of thiophene rings is 1. The number of rotatable bonds is 2. The minimum atomic E-state index is 0.171. The summed E-state index contributed by atoms with van der Waals surface area (Å²) in [6.45, 7) is 3.62. The van der Waals surface area contributed by atoms with Gasteiger partial charge in [0.15, 0.2) is 0 Å². The van der Waals surface area contributed by atoms with Gasteiger partial charge in [0.25, 0.3) is 5.91 Å². The van der Waals surface area contributed by atoms with E-state index in [0.29, 0.717) is 5.92 Å². The summed E-state index contributed by atoms with van der Waals surface area (Å²) >= 11 is 1.61. The third kappa shape index (κ3) is 2.51. The highest BCUT2D eigenvalue weighted by molar-refractivity contribution is 7.21. The monoisotopic (exact) mass is 340 g/mol. The van der Waals surface area contributed by atoms with Gasteiger partial charge in [-0.3, -0.25) is 4.79 Å². The highest BCUT2D eigenvalue weighted by Crippen LogP contribution is 2.33. The summed E-state index contributed by atoms with van der Waals surface area (Å²) in [6, 6.07) is 8.24. The molecule has 0 saturated carbocycles. The number of likely N-dealkylation sites (tertiary alicyclic amines) is 1. The molecule has 1 fully saturated rings. The van der Waals surface area contributed by atoms with Crippen molar-refractivity contribution in [1.29, 1.82) is 0 Å². The van der Waals surface area contributed by atoms with Crippen LogP contribution in [0.3, 0.4) is 0 Å². The fourth-order valence-electron chi connectivity index (χ4n) is 3.52. The highest BCUT2D eigenvalue weighted by atomic mass is 32.1. The maximum Gasteiger partial charge on any atom is 0.264 e. The zero-order valence-corrected chi connectivity index (χ0v) is 14.7. The van der Waals surface area contributed by atoms with Gasteiger partial charge in [-0.25, -0.2) is 0 Å².